The van der Waals surface area contributed by atoms with Gasteiger partial charge in [0.1, 0.15) is 0 Å². The summed E-state index contributed by atoms with van der Waals surface area (Å²) in [7, 11) is 0. The number of benzene rings is 1. The summed E-state index contributed by atoms with van der Waals surface area (Å²) in [5.41, 5.74) is 3.12. The van der Waals surface area contributed by atoms with E-state index in [2.05, 4.69) is 54.0 Å². The molecule has 2 unspecified atom stereocenters. The molecule has 0 saturated heterocycles. The second-order valence-electron chi connectivity index (χ2n) is 5.72. The van der Waals surface area contributed by atoms with Gasteiger partial charge in [-0.2, -0.15) is 0 Å². The molecule has 2 atom stereocenters. The second-order valence-corrected chi connectivity index (χ2v) is 6.70. The number of hydrogen-bond donors (Lipinski definition) is 1. The van der Waals surface area contributed by atoms with Crippen molar-refractivity contribution in [1.29, 1.82) is 0 Å². The van der Waals surface area contributed by atoms with Crippen LogP contribution < -0.4 is 5.32 Å². The van der Waals surface area contributed by atoms with Crippen molar-refractivity contribution in [1.82, 2.24) is 5.32 Å². The molecule has 1 N–H and O–H groups in total. The Morgan fingerprint density at radius 2 is 2.05 bits per heavy atom. The first-order valence-corrected chi connectivity index (χ1v) is 8.60. The van der Waals surface area contributed by atoms with Gasteiger partial charge in [-0.3, -0.25) is 0 Å². The summed E-state index contributed by atoms with van der Waals surface area (Å²) < 4.78 is 0. The van der Waals surface area contributed by atoms with Crippen molar-refractivity contribution in [2.45, 2.75) is 38.6 Å². The molecule has 20 heavy (non-hydrogen) atoms. The molecule has 0 spiro atoms. The van der Waals surface area contributed by atoms with Gasteiger partial charge in [0.05, 0.1) is 0 Å². The number of aryl methyl sites for hydroxylation is 1. The van der Waals surface area contributed by atoms with E-state index >= 15 is 0 Å². The third-order valence-corrected chi connectivity index (χ3v) is 5.28. The third-order valence-electron chi connectivity index (χ3n) is 4.32. The fraction of sp³-hybridized carbons (Fsp3) is 0.444. The summed E-state index contributed by atoms with van der Waals surface area (Å²) >= 11 is 1.89. The van der Waals surface area contributed by atoms with Crippen LogP contribution in [0.4, 0.5) is 0 Å². The summed E-state index contributed by atoms with van der Waals surface area (Å²) in [5, 5.41) is 5.98. The maximum atomic E-state index is 3.78. The summed E-state index contributed by atoms with van der Waals surface area (Å²) in [4.78, 5) is 1.50. The lowest BCUT2D eigenvalue weighted by atomic mass is 9.79. The van der Waals surface area contributed by atoms with Gasteiger partial charge in [-0.1, -0.05) is 37.3 Å². The normalized spacial score (nSPS) is 19.6. The van der Waals surface area contributed by atoms with Crippen LogP contribution in [-0.2, 0) is 12.8 Å². The Kier molecular flexibility index (Phi) is 4.54. The van der Waals surface area contributed by atoms with Crippen LogP contribution in [0.3, 0.4) is 0 Å². The van der Waals surface area contributed by atoms with Gasteiger partial charge in [-0.25, -0.2) is 0 Å². The average molecular weight is 285 g/mol. The summed E-state index contributed by atoms with van der Waals surface area (Å²) in [6.07, 6.45) is 4.95. The maximum absolute atomic E-state index is 3.78. The van der Waals surface area contributed by atoms with E-state index in [-0.39, 0.29) is 0 Å². The average Bonchev–Trinajstić information content (AvgIpc) is 3.02. The van der Waals surface area contributed by atoms with E-state index in [9.17, 15) is 0 Å². The van der Waals surface area contributed by atoms with E-state index in [1.54, 1.807) is 11.1 Å². The van der Waals surface area contributed by atoms with E-state index in [0.717, 1.165) is 12.5 Å². The molecule has 1 nitrogen and oxygen atoms in total. The Morgan fingerprint density at radius 1 is 1.20 bits per heavy atom. The van der Waals surface area contributed by atoms with Crippen molar-refractivity contribution >= 4 is 11.3 Å². The van der Waals surface area contributed by atoms with Crippen LogP contribution in [0.2, 0.25) is 0 Å². The fourth-order valence-electron chi connectivity index (χ4n) is 3.28. The van der Waals surface area contributed by atoms with E-state index in [4.69, 9.17) is 0 Å². The zero-order valence-electron chi connectivity index (χ0n) is 12.1. The highest BCUT2D eigenvalue weighted by atomic mass is 32.1. The first kappa shape index (κ1) is 13.8. The van der Waals surface area contributed by atoms with E-state index < -0.39 is 0 Å². The molecule has 0 aliphatic heterocycles. The minimum atomic E-state index is 0.531. The lowest BCUT2D eigenvalue weighted by Gasteiger charge is -2.32. The van der Waals surface area contributed by atoms with Crippen molar-refractivity contribution in [3.05, 3.63) is 57.8 Å². The summed E-state index contributed by atoms with van der Waals surface area (Å²) in [6, 6.07) is 14.0. The minimum absolute atomic E-state index is 0.531. The zero-order chi connectivity index (χ0) is 13.8. The van der Waals surface area contributed by atoms with E-state index in [1.807, 2.05) is 11.3 Å². The number of hydrogen-bond acceptors (Lipinski definition) is 2. The number of fused-ring (bicyclic) bond motifs is 1. The molecule has 1 aliphatic carbocycles. The molecular weight excluding hydrogens is 262 g/mol. The van der Waals surface area contributed by atoms with Crippen molar-refractivity contribution in [2.24, 2.45) is 5.92 Å². The van der Waals surface area contributed by atoms with Gasteiger partial charge < -0.3 is 5.32 Å². The Bertz CT molecular complexity index is 532. The fourth-order valence-corrected chi connectivity index (χ4v) is 4.17. The lowest BCUT2D eigenvalue weighted by molar-refractivity contribution is 0.330. The number of thiophene rings is 1. The molecule has 1 heterocycles. The molecular formula is C18H23NS. The predicted octanol–water partition coefficient (Wildman–Crippen LogP) is 4.59. The van der Waals surface area contributed by atoms with Crippen LogP contribution in [0.1, 0.15) is 41.8 Å². The Hall–Kier alpha value is -1.12. The number of rotatable bonds is 5. The van der Waals surface area contributed by atoms with Crippen LogP contribution in [0.25, 0.3) is 0 Å². The van der Waals surface area contributed by atoms with Crippen molar-refractivity contribution < 1.29 is 0 Å². The lowest BCUT2D eigenvalue weighted by Crippen LogP contribution is -2.31. The van der Waals surface area contributed by atoms with Crippen LogP contribution in [0.5, 0.6) is 0 Å². The maximum Gasteiger partial charge on any atom is 0.0446 e. The molecule has 0 radical (unpaired) electrons. The molecule has 1 aromatic heterocycles. The van der Waals surface area contributed by atoms with Gasteiger partial charge in [0.15, 0.2) is 0 Å². The quantitative estimate of drug-likeness (QED) is 0.847. The van der Waals surface area contributed by atoms with Gasteiger partial charge in [0, 0.05) is 10.9 Å². The predicted molar refractivity (Wildman–Crippen MR) is 87.3 cm³/mol. The van der Waals surface area contributed by atoms with Crippen LogP contribution in [-0.4, -0.2) is 6.54 Å². The molecule has 1 aliphatic rings. The van der Waals surface area contributed by atoms with Crippen molar-refractivity contribution in [3.63, 3.8) is 0 Å². The largest absolute Gasteiger partial charge is 0.309 e. The van der Waals surface area contributed by atoms with Crippen LogP contribution in [0.15, 0.2) is 41.8 Å². The smallest absolute Gasteiger partial charge is 0.0446 e. The standard InChI is InChI=1S/C18H23NS/c1-2-11-19-18(17-8-5-12-20-17)16-10-9-14-6-3-4-7-15(14)13-16/h3-8,12,16,18-19H,2,9-11,13H2,1H3. The molecule has 106 valence electrons. The Labute approximate surface area is 126 Å². The van der Waals surface area contributed by atoms with Gasteiger partial charge in [0.2, 0.25) is 0 Å². The van der Waals surface area contributed by atoms with Gasteiger partial charge in [-0.15, -0.1) is 11.3 Å². The first-order chi connectivity index (χ1) is 9.88. The van der Waals surface area contributed by atoms with Crippen molar-refractivity contribution in [2.75, 3.05) is 6.54 Å². The highest BCUT2D eigenvalue weighted by Gasteiger charge is 2.27. The molecule has 0 saturated carbocycles. The second kappa shape index (κ2) is 6.55. The molecule has 2 heteroatoms. The molecule has 3 rings (SSSR count). The van der Waals surface area contributed by atoms with Gasteiger partial charge >= 0.3 is 0 Å². The van der Waals surface area contributed by atoms with E-state index in [1.165, 1.54) is 30.6 Å². The SMILES string of the molecule is CCCNC(c1cccs1)C1CCc2ccccc2C1. The molecule has 0 fully saturated rings. The number of nitrogens with one attached hydrogen (secondary N) is 1. The highest BCUT2D eigenvalue weighted by Crippen LogP contribution is 2.35. The third kappa shape index (κ3) is 2.97. The monoisotopic (exact) mass is 285 g/mol. The Balaban J connectivity index is 1.79. The highest BCUT2D eigenvalue weighted by molar-refractivity contribution is 7.10. The molecule has 2 aromatic rings. The zero-order valence-corrected chi connectivity index (χ0v) is 13.0. The summed E-state index contributed by atoms with van der Waals surface area (Å²) in [5.74, 6) is 0.732. The van der Waals surface area contributed by atoms with Gasteiger partial charge in [-0.05, 0) is 60.7 Å². The topological polar surface area (TPSA) is 12.0 Å². The van der Waals surface area contributed by atoms with E-state index in [0.29, 0.717) is 6.04 Å². The van der Waals surface area contributed by atoms with Crippen LogP contribution >= 0.6 is 11.3 Å². The minimum Gasteiger partial charge on any atom is -0.309 e. The molecule has 1 aromatic carbocycles. The molecule has 0 bridgehead atoms. The summed E-state index contributed by atoms with van der Waals surface area (Å²) in [6.45, 7) is 3.36. The van der Waals surface area contributed by atoms with Crippen LogP contribution in [0, 0.1) is 5.92 Å². The Morgan fingerprint density at radius 3 is 2.80 bits per heavy atom. The van der Waals surface area contributed by atoms with Gasteiger partial charge in [0.25, 0.3) is 0 Å². The first-order valence-electron chi connectivity index (χ1n) is 7.72. The molecule has 0 amide bonds. The van der Waals surface area contributed by atoms with Crippen molar-refractivity contribution in [3.8, 4) is 0 Å².